The number of carbonyl (C=O) groups is 2. The van der Waals surface area contributed by atoms with Gasteiger partial charge in [0.15, 0.2) is 17.3 Å². The zero-order valence-corrected chi connectivity index (χ0v) is 19.4. The van der Waals surface area contributed by atoms with Crippen LogP contribution in [0.4, 0.5) is 0 Å². The second-order valence-corrected chi connectivity index (χ2v) is 13.5. The van der Waals surface area contributed by atoms with Gasteiger partial charge in [0.05, 0.1) is 13.2 Å². The summed E-state index contributed by atoms with van der Waals surface area (Å²) in [6.07, 6.45) is 6.23. The van der Waals surface area contributed by atoms with E-state index in [1.807, 2.05) is 13.8 Å². The van der Waals surface area contributed by atoms with Gasteiger partial charge in [-0.25, -0.2) is 8.42 Å². The van der Waals surface area contributed by atoms with Crippen molar-refractivity contribution in [1.82, 2.24) is 0 Å². The molecular formula is C21H34O6S2. The molecule has 1 aliphatic heterocycles. The minimum atomic E-state index is -4.49. The highest BCUT2D eigenvalue weighted by molar-refractivity contribution is 7.97. The van der Waals surface area contributed by atoms with Gasteiger partial charge in [0.2, 0.25) is 0 Å². The Morgan fingerprint density at radius 3 is 2.17 bits per heavy atom. The molecule has 3 unspecified atom stereocenters. The third-order valence-electron chi connectivity index (χ3n) is 7.97. The highest BCUT2D eigenvalue weighted by Crippen LogP contribution is 2.64. The molecule has 166 valence electrons. The quantitative estimate of drug-likeness (QED) is 0.485. The minimum Gasteiger partial charge on any atom is -0.747 e. The van der Waals surface area contributed by atoms with Crippen LogP contribution >= 0.6 is 0 Å². The summed E-state index contributed by atoms with van der Waals surface area (Å²) < 4.78 is 38.6. The third kappa shape index (κ3) is 4.46. The lowest BCUT2D eigenvalue weighted by Crippen LogP contribution is -2.38. The topological polar surface area (TPSA) is 101 Å². The standard InChI is InChI=1S/C11H19O2S.C10H16O4S/c12-11(10-3-1-2-4-10)9-14-7-5-13-6-8-14;1-9(2)6-4-5-10(9,3)8(11)7(6)15(12,13)14/h10H,1-9H2;6-7H,4-5H2,1-3H3,(H,12,13,14)/q+1;/p-1. The van der Waals surface area contributed by atoms with Crippen LogP contribution in [-0.2, 0) is 35.3 Å². The molecule has 0 amide bonds. The Balaban J connectivity index is 0.000000166. The van der Waals surface area contributed by atoms with Crippen LogP contribution in [0.3, 0.4) is 0 Å². The fraction of sp³-hybridized carbons (Fsp3) is 0.905. The Kier molecular flexibility index (Phi) is 6.88. The van der Waals surface area contributed by atoms with Crippen molar-refractivity contribution in [1.29, 1.82) is 0 Å². The van der Waals surface area contributed by atoms with Crippen molar-refractivity contribution in [3.63, 3.8) is 0 Å². The molecule has 0 aromatic rings. The molecular weight excluding hydrogens is 412 g/mol. The monoisotopic (exact) mass is 446 g/mol. The van der Waals surface area contributed by atoms with Crippen LogP contribution in [0.15, 0.2) is 0 Å². The highest BCUT2D eigenvalue weighted by Gasteiger charge is 2.67. The first kappa shape index (κ1) is 23.2. The first-order valence-corrected chi connectivity index (χ1v) is 13.9. The average Bonchev–Trinajstić information content (AvgIpc) is 3.29. The number of hydrogen-bond acceptors (Lipinski definition) is 6. The first-order valence-electron chi connectivity index (χ1n) is 10.7. The zero-order valence-electron chi connectivity index (χ0n) is 17.8. The molecule has 0 radical (unpaired) electrons. The lowest BCUT2D eigenvalue weighted by molar-refractivity contribution is -0.128. The molecule has 0 N–H and O–H groups in total. The van der Waals surface area contributed by atoms with Gasteiger partial charge in [-0.15, -0.1) is 0 Å². The van der Waals surface area contributed by atoms with E-state index in [1.165, 1.54) is 12.8 Å². The Bertz CT molecular complexity index is 734. The van der Waals surface area contributed by atoms with Gasteiger partial charge in [0.1, 0.15) is 26.9 Å². The largest absolute Gasteiger partial charge is 0.747 e. The lowest BCUT2D eigenvalue weighted by atomic mass is 9.70. The van der Waals surface area contributed by atoms with E-state index in [0.29, 0.717) is 35.4 Å². The Morgan fingerprint density at radius 1 is 1.14 bits per heavy atom. The summed E-state index contributed by atoms with van der Waals surface area (Å²) in [5, 5.41) is -1.30. The van der Waals surface area contributed by atoms with Crippen LogP contribution in [0.5, 0.6) is 0 Å². The molecule has 0 spiro atoms. The number of Topliss-reactive ketones (excluding diaryl/α,β-unsaturated/α-hetero) is 2. The van der Waals surface area contributed by atoms with Crippen molar-refractivity contribution >= 4 is 32.6 Å². The number of rotatable bonds is 4. The van der Waals surface area contributed by atoms with Gasteiger partial charge in [-0.3, -0.25) is 9.59 Å². The second kappa shape index (κ2) is 8.60. The van der Waals surface area contributed by atoms with Gasteiger partial charge in [0, 0.05) is 11.3 Å². The van der Waals surface area contributed by atoms with Crippen molar-refractivity contribution < 1.29 is 27.3 Å². The van der Waals surface area contributed by atoms with E-state index in [1.54, 1.807) is 6.92 Å². The zero-order chi connectivity index (χ0) is 21.4. The minimum absolute atomic E-state index is 0.294. The summed E-state index contributed by atoms with van der Waals surface area (Å²) in [7, 11) is -4.14. The predicted molar refractivity (Wildman–Crippen MR) is 113 cm³/mol. The average molecular weight is 447 g/mol. The van der Waals surface area contributed by atoms with E-state index in [4.69, 9.17) is 4.74 Å². The van der Waals surface area contributed by atoms with Gasteiger partial charge in [-0.05, 0) is 47.9 Å². The first-order chi connectivity index (χ1) is 13.5. The lowest BCUT2D eigenvalue weighted by Gasteiger charge is -2.32. The van der Waals surface area contributed by atoms with Crippen LogP contribution in [0.2, 0.25) is 0 Å². The molecule has 4 rings (SSSR count). The molecule has 3 saturated carbocycles. The van der Waals surface area contributed by atoms with Gasteiger partial charge in [-0.1, -0.05) is 33.6 Å². The Hall–Kier alpha value is -0.440. The predicted octanol–water partition coefficient (Wildman–Crippen LogP) is 2.32. The number of fused-ring (bicyclic) bond motifs is 2. The van der Waals surface area contributed by atoms with Crippen LogP contribution < -0.4 is 0 Å². The molecule has 1 saturated heterocycles. The van der Waals surface area contributed by atoms with Crippen molar-refractivity contribution in [3.8, 4) is 0 Å². The van der Waals surface area contributed by atoms with Crippen LogP contribution in [0.25, 0.3) is 0 Å². The molecule has 3 atom stereocenters. The van der Waals surface area contributed by atoms with Crippen molar-refractivity contribution in [2.45, 2.75) is 64.5 Å². The number of carbonyl (C=O) groups excluding carboxylic acids is 2. The van der Waals surface area contributed by atoms with E-state index in [0.717, 1.165) is 43.3 Å². The number of hydrogen-bond donors (Lipinski definition) is 0. The molecule has 8 heteroatoms. The number of ether oxygens (including phenoxy) is 1. The van der Waals surface area contributed by atoms with E-state index in [9.17, 15) is 22.6 Å². The number of ketones is 2. The Morgan fingerprint density at radius 2 is 1.72 bits per heavy atom. The highest BCUT2D eigenvalue weighted by atomic mass is 32.2. The summed E-state index contributed by atoms with van der Waals surface area (Å²) in [4.78, 5) is 23.9. The molecule has 6 nitrogen and oxygen atoms in total. The maximum absolute atomic E-state index is 12.0. The Labute approximate surface area is 177 Å². The molecule has 0 aromatic heterocycles. The normalized spacial score (nSPS) is 34.8. The van der Waals surface area contributed by atoms with E-state index >= 15 is 0 Å². The van der Waals surface area contributed by atoms with Crippen LogP contribution in [0.1, 0.15) is 59.3 Å². The maximum atomic E-state index is 12.0. The van der Waals surface area contributed by atoms with Crippen molar-refractivity contribution in [3.05, 3.63) is 0 Å². The van der Waals surface area contributed by atoms with E-state index in [-0.39, 0.29) is 17.1 Å². The van der Waals surface area contributed by atoms with Gasteiger partial charge in [0.25, 0.3) is 0 Å². The van der Waals surface area contributed by atoms with Crippen molar-refractivity contribution in [2.75, 3.05) is 30.5 Å². The summed E-state index contributed by atoms with van der Waals surface area (Å²) in [6, 6.07) is 0. The smallest absolute Gasteiger partial charge is 0.184 e. The van der Waals surface area contributed by atoms with Crippen LogP contribution in [0, 0.1) is 22.7 Å². The van der Waals surface area contributed by atoms with Crippen molar-refractivity contribution in [2.24, 2.45) is 22.7 Å². The molecule has 2 bridgehead atoms. The summed E-state index contributed by atoms with van der Waals surface area (Å²) in [5.74, 6) is 3.42. The van der Waals surface area contributed by atoms with Gasteiger partial charge < -0.3 is 9.29 Å². The maximum Gasteiger partial charge on any atom is 0.184 e. The molecule has 3 aliphatic carbocycles. The molecule has 29 heavy (non-hydrogen) atoms. The second-order valence-electron chi connectivity index (χ2n) is 9.70. The molecule has 1 heterocycles. The van der Waals surface area contributed by atoms with Gasteiger partial charge in [-0.2, -0.15) is 0 Å². The van der Waals surface area contributed by atoms with Crippen LogP contribution in [-0.4, -0.2) is 60.3 Å². The molecule has 0 aromatic carbocycles. The molecule has 4 fully saturated rings. The van der Waals surface area contributed by atoms with E-state index in [2.05, 4.69) is 0 Å². The fourth-order valence-corrected chi connectivity index (χ4v) is 8.84. The third-order valence-corrected chi connectivity index (χ3v) is 11.3. The summed E-state index contributed by atoms with van der Waals surface area (Å²) in [6.45, 7) is 7.34. The summed E-state index contributed by atoms with van der Waals surface area (Å²) in [5.41, 5.74) is -0.994. The fourth-order valence-electron chi connectivity index (χ4n) is 5.60. The summed E-state index contributed by atoms with van der Waals surface area (Å²) >= 11 is 0. The van der Waals surface area contributed by atoms with E-state index < -0.39 is 20.8 Å². The molecule has 4 aliphatic rings. The SMILES string of the molecule is CC12CCC(C(S(=O)(=O)[O-])C1=O)C2(C)C.O=C(C[S+]1CCOCC1)C1CCCC1. The van der Waals surface area contributed by atoms with Gasteiger partial charge >= 0.3 is 0 Å².